The number of allylic oxidation sites excluding steroid dienone is 1. The van der Waals surface area contributed by atoms with Gasteiger partial charge in [-0.05, 0) is 62.2 Å². The van der Waals surface area contributed by atoms with Gasteiger partial charge < -0.3 is 9.47 Å². The lowest BCUT2D eigenvalue weighted by molar-refractivity contribution is -0.146. The van der Waals surface area contributed by atoms with Gasteiger partial charge in [0, 0.05) is 11.2 Å². The van der Waals surface area contributed by atoms with Crippen molar-refractivity contribution in [3.8, 4) is 5.75 Å². The number of aromatic amines is 1. The SMILES string of the molecule is COC(=O)[C@H](C)[C@H](C)n1c(=O)[nH]/c(=N\C2C=CC(Oc3cccnc3)=CC2)n(Cc2ccc(Cl)cc2)c1=O. The van der Waals surface area contributed by atoms with Crippen LogP contribution in [0.15, 0.2) is 87.4 Å². The van der Waals surface area contributed by atoms with Gasteiger partial charge in [-0.2, -0.15) is 0 Å². The molecule has 38 heavy (non-hydrogen) atoms. The van der Waals surface area contributed by atoms with Crippen molar-refractivity contribution in [2.45, 2.75) is 38.9 Å². The number of methoxy groups -OCH3 is 1. The first-order valence-electron chi connectivity index (χ1n) is 12.0. The van der Waals surface area contributed by atoms with Gasteiger partial charge in [-0.3, -0.25) is 19.3 Å². The fraction of sp³-hybridized carbons (Fsp3) is 0.296. The van der Waals surface area contributed by atoms with E-state index in [1.165, 1.54) is 11.7 Å². The lowest BCUT2D eigenvalue weighted by atomic mass is 10.0. The van der Waals surface area contributed by atoms with Crippen LogP contribution in [0.4, 0.5) is 0 Å². The second-order valence-corrected chi connectivity index (χ2v) is 9.30. The van der Waals surface area contributed by atoms with Crippen LogP contribution >= 0.6 is 11.6 Å². The predicted octanol–water partition coefficient (Wildman–Crippen LogP) is 3.00. The van der Waals surface area contributed by atoms with E-state index in [2.05, 4.69) is 15.0 Å². The van der Waals surface area contributed by atoms with Crippen LogP contribution in [0.3, 0.4) is 0 Å². The number of H-pyrrole nitrogens is 1. The van der Waals surface area contributed by atoms with Crippen LogP contribution in [-0.2, 0) is 16.1 Å². The summed E-state index contributed by atoms with van der Waals surface area (Å²) in [6, 6.07) is 9.52. The minimum Gasteiger partial charge on any atom is -0.469 e. The molecule has 0 spiro atoms. The quantitative estimate of drug-likeness (QED) is 0.441. The Morgan fingerprint density at radius 2 is 2.00 bits per heavy atom. The summed E-state index contributed by atoms with van der Waals surface area (Å²) in [4.78, 5) is 50.3. The molecule has 1 aliphatic rings. The number of hydrogen-bond acceptors (Lipinski definition) is 7. The molecule has 1 unspecified atom stereocenters. The summed E-state index contributed by atoms with van der Waals surface area (Å²) in [6.45, 7) is 3.36. The van der Waals surface area contributed by atoms with Gasteiger partial charge in [0.1, 0.15) is 11.5 Å². The highest BCUT2D eigenvalue weighted by Gasteiger charge is 2.26. The molecule has 0 bridgehead atoms. The van der Waals surface area contributed by atoms with Gasteiger partial charge >= 0.3 is 17.3 Å². The van der Waals surface area contributed by atoms with E-state index in [0.29, 0.717) is 23.0 Å². The van der Waals surface area contributed by atoms with E-state index in [9.17, 15) is 14.4 Å². The Labute approximate surface area is 223 Å². The molecule has 2 aromatic heterocycles. The van der Waals surface area contributed by atoms with E-state index in [1.54, 1.807) is 68.7 Å². The fourth-order valence-electron chi connectivity index (χ4n) is 3.97. The monoisotopic (exact) mass is 537 g/mol. The van der Waals surface area contributed by atoms with Crippen molar-refractivity contribution in [1.29, 1.82) is 0 Å². The summed E-state index contributed by atoms with van der Waals surface area (Å²) < 4.78 is 13.0. The minimum absolute atomic E-state index is 0.115. The fourth-order valence-corrected chi connectivity index (χ4v) is 4.10. The number of pyridine rings is 1. The third kappa shape index (κ3) is 6.20. The Morgan fingerprint density at radius 1 is 1.24 bits per heavy atom. The van der Waals surface area contributed by atoms with Crippen LogP contribution in [0.2, 0.25) is 5.02 Å². The van der Waals surface area contributed by atoms with Gasteiger partial charge in [0.2, 0.25) is 5.62 Å². The topological polar surface area (TPSA) is 121 Å². The smallest absolute Gasteiger partial charge is 0.335 e. The third-order valence-electron chi connectivity index (χ3n) is 6.29. The van der Waals surface area contributed by atoms with Crippen LogP contribution in [0, 0.1) is 5.92 Å². The van der Waals surface area contributed by atoms with Crippen molar-refractivity contribution < 1.29 is 14.3 Å². The molecule has 11 heteroatoms. The maximum atomic E-state index is 13.6. The molecule has 0 saturated carbocycles. The largest absolute Gasteiger partial charge is 0.469 e. The summed E-state index contributed by atoms with van der Waals surface area (Å²) in [5.41, 5.74) is -0.364. The normalized spacial score (nSPS) is 17.0. The van der Waals surface area contributed by atoms with Crippen molar-refractivity contribution in [1.82, 2.24) is 19.1 Å². The first kappa shape index (κ1) is 26.9. The highest BCUT2D eigenvalue weighted by molar-refractivity contribution is 6.30. The Bertz CT molecular complexity index is 1540. The summed E-state index contributed by atoms with van der Waals surface area (Å²) in [6.07, 6.45) is 9.28. The van der Waals surface area contributed by atoms with E-state index >= 15 is 0 Å². The van der Waals surface area contributed by atoms with E-state index in [1.807, 2.05) is 12.2 Å². The van der Waals surface area contributed by atoms with Gasteiger partial charge in [-0.1, -0.05) is 29.8 Å². The molecule has 0 fully saturated rings. The van der Waals surface area contributed by atoms with Crippen LogP contribution < -0.4 is 21.7 Å². The number of carbonyl (C=O) groups excluding carboxylic acids is 1. The molecule has 3 atom stereocenters. The van der Waals surface area contributed by atoms with Crippen molar-refractivity contribution >= 4 is 17.6 Å². The van der Waals surface area contributed by atoms with E-state index in [4.69, 9.17) is 21.1 Å². The molecule has 4 rings (SSSR count). The first-order valence-corrected chi connectivity index (χ1v) is 12.4. The maximum absolute atomic E-state index is 13.6. The Hall–Kier alpha value is -4.18. The van der Waals surface area contributed by atoms with Crippen molar-refractivity contribution in [2.24, 2.45) is 10.9 Å². The lowest BCUT2D eigenvalue weighted by Gasteiger charge is -2.21. The van der Waals surface area contributed by atoms with Crippen molar-refractivity contribution in [3.05, 3.63) is 110 Å². The van der Waals surface area contributed by atoms with Gasteiger partial charge in [-0.25, -0.2) is 19.1 Å². The summed E-state index contributed by atoms with van der Waals surface area (Å²) in [5, 5.41) is 0.562. The van der Waals surface area contributed by atoms with E-state index in [-0.39, 0.29) is 18.2 Å². The number of rotatable bonds is 8. The highest BCUT2D eigenvalue weighted by Crippen LogP contribution is 2.18. The lowest BCUT2D eigenvalue weighted by Crippen LogP contribution is -2.52. The second-order valence-electron chi connectivity index (χ2n) is 8.86. The second kappa shape index (κ2) is 11.9. The van der Waals surface area contributed by atoms with Gasteiger partial charge in [-0.15, -0.1) is 0 Å². The molecule has 0 aliphatic heterocycles. The van der Waals surface area contributed by atoms with Crippen molar-refractivity contribution in [2.75, 3.05) is 7.11 Å². The number of hydrogen-bond donors (Lipinski definition) is 1. The Morgan fingerprint density at radius 3 is 2.63 bits per heavy atom. The number of aromatic nitrogens is 4. The number of esters is 1. The molecule has 1 aliphatic carbocycles. The molecule has 1 N–H and O–H groups in total. The van der Waals surface area contributed by atoms with Crippen LogP contribution in [0.1, 0.15) is 31.9 Å². The standard InChI is InChI=1S/C27H28ClN5O5/c1-17(24(34)37-3)18(2)33-26(35)31-25(32(27(33)36)16-19-6-8-20(28)9-7-19)30-21-10-12-22(13-11-21)38-23-5-4-14-29-15-23/h4-10,12-15,17-18,21H,11,16H2,1-3H3,(H,30,31,35)/t17-,18+,21?/m1/s1. The Balaban J connectivity index is 1.71. The molecule has 10 nitrogen and oxygen atoms in total. The average Bonchev–Trinajstić information content (AvgIpc) is 2.92. The molecule has 198 valence electrons. The average molecular weight is 538 g/mol. The van der Waals surface area contributed by atoms with E-state index in [0.717, 1.165) is 10.1 Å². The molecule has 1 aromatic carbocycles. The maximum Gasteiger partial charge on any atom is 0.335 e. The zero-order valence-electron chi connectivity index (χ0n) is 21.2. The van der Waals surface area contributed by atoms with Crippen molar-refractivity contribution in [3.63, 3.8) is 0 Å². The number of nitrogens with one attached hydrogen (secondary N) is 1. The molecule has 0 amide bonds. The van der Waals surface area contributed by atoms with Crippen LogP contribution in [0.5, 0.6) is 5.75 Å². The summed E-state index contributed by atoms with van der Waals surface area (Å²) in [5.74, 6) is 0.0105. The zero-order valence-corrected chi connectivity index (χ0v) is 22.0. The molecular formula is C27H28ClN5O5. The molecule has 3 aromatic rings. The highest BCUT2D eigenvalue weighted by atomic mass is 35.5. The number of ether oxygens (including phenoxy) is 2. The number of benzene rings is 1. The zero-order chi connectivity index (χ0) is 27.2. The van der Waals surface area contributed by atoms with Crippen LogP contribution in [-0.4, -0.2) is 38.2 Å². The minimum atomic E-state index is -0.756. The molecule has 2 heterocycles. The number of halogens is 1. The molecule has 0 radical (unpaired) electrons. The number of carbonyl (C=O) groups is 1. The van der Waals surface area contributed by atoms with Gasteiger partial charge in [0.25, 0.3) is 0 Å². The summed E-state index contributed by atoms with van der Waals surface area (Å²) >= 11 is 6.03. The predicted molar refractivity (Wildman–Crippen MR) is 142 cm³/mol. The Kier molecular flexibility index (Phi) is 8.42. The van der Waals surface area contributed by atoms with E-state index < -0.39 is 29.3 Å². The molecular weight excluding hydrogens is 510 g/mol. The third-order valence-corrected chi connectivity index (χ3v) is 6.54. The molecule has 0 saturated heterocycles. The number of nitrogens with zero attached hydrogens (tertiary/aromatic N) is 4. The summed E-state index contributed by atoms with van der Waals surface area (Å²) in [7, 11) is 1.26. The van der Waals surface area contributed by atoms with Gasteiger partial charge in [0.15, 0.2) is 0 Å². The van der Waals surface area contributed by atoms with Gasteiger partial charge in [0.05, 0.1) is 37.9 Å². The first-order chi connectivity index (χ1) is 18.3. The van der Waals surface area contributed by atoms with Crippen LogP contribution in [0.25, 0.3) is 0 Å².